The molecule has 0 spiro atoms. The molecule has 0 bridgehead atoms. The summed E-state index contributed by atoms with van der Waals surface area (Å²) >= 11 is 0. The van der Waals surface area contributed by atoms with Crippen LogP contribution < -0.4 is 5.32 Å². The number of nitrogens with one attached hydrogen (secondary N) is 1. The van der Waals surface area contributed by atoms with Gasteiger partial charge in [-0.2, -0.15) is 0 Å². The Kier molecular flexibility index (Phi) is 7.03. The molecule has 0 atom stereocenters. The van der Waals surface area contributed by atoms with E-state index in [-0.39, 0.29) is 29.6 Å². The van der Waals surface area contributed by atoms with Crippen LogP contribution in [0.4, 0.5) is 5.69 Å². The van der Waals surface area contributed by atoms with Crippen LogP contribution in [0.2, 0.25) is 0 Å². The fourth-order valence-electron chi connectivity index (χ4n) is 1.66. The second kappa shape index (κ2) is 7.70. The summed E-state index contributed by atoms with van der Waals surface area (Å²) in [7, 11) is 3.42. The lowest BCUT2D eigenvalue weighted by atomic mass is 10.1. The highest BCUT2D eigenvalue weighted by molar-refractivity contribution is 5.98. The molecule has 1 aromatic rings. The van der Waals surface area contributed by atoms with Gasteiger partial charge in [-0.05, 0) is 20.0 Å². The Morgan fingerprint density at radius 1 is 1.47 bits per heavy atom. The fourth-order valence-corrected chi connectivity index (χ4v) is 1.66. The van der Waals surface area contributed by atoms with Crippen LogP contribution in [0.25, 0.3) is 0 Å². The third kappa shape index (κ3) is 4.18. The summed E-state index contributed by atoms with van der Waals surface area (Å²) in [5, 5.41) is 13.9. The first-order chi connectivity index (χ1) is 8.49. The van der Waals surface area contributed by atoms with Gasteiger partial charge >= 0.3 is 0 Å². The Labute approximate surface area is 118 Å². The van der Waals surface area contributed by atoms with Crippen LogP contribution in [0.1, 0.15) is 15.9 Å². The van der Waals surface area contributed by atoms with Crippen LogP contribution >= 0.6 is 12.4 Å². The molecule has 1 N–H and O–H groups in total. The number of aryl methyl sites for hydroxylation is 1. The highest BCUT2D eigenvalue weighted by atomic mass is 35.5. The van der Waals surface area contributed by atoms with Crippen molar-refractivity contribution in [1.82, 2.24) is 10.2 Å². The summed E-state index contributed by atoms with van der Waals surface area (Å²) < 4.78 is 0. The molecule has 0 saturated carbocycles. The highest BCUT2D eigenvalue weighted by Gasteiger charge is 2.24. The van der Waals surface area contributed by atoms with Crippen molar-refractivity contribution in [3.63, 3.8) is 0 Å². The number of hydrogen-bond acceptors (Lipinski definition) is 4. The van der Waals surface area contributed by atoms with Crippen molar-refractivity contribution in [2.24, 2.45) is 0 Å². The molecular formula is C12H18ClN3O3. The number of para-hydroxylation sites is 1. The van der Waals surface area contributed by atoms with E-state index in [9.17, 15) is 14.9 Å². The Balaban J connectivity index is 0.00000324. The lowest BCUT2D eigenvalue weighted by molar-refractivity contribution is -0.385. The Bertz CT molecular complexity index is 466. The molecule has 0 radical (unpaired) electrons. The number of likely N-dealkylation sites (N-methyl/N-ethyl adjacent to an activating group) is 2. The van der Waals surface area contributed by atoms with E-state index in [1.807, 2.05) is 0 Å². The van der Waals surface area contributed by atoms with Crippen LogP contribution in [-0.2, 0) is 0 Å². The fraction of sp³-hybridized carbons (Fsp3) is 0.417. The minimum atomic E-state index is -0.505. The summed E-state index contributed by atoms with van der Waals surface area (Å²) in [4.78, 5) is 24.1. The maximum absolute atomic E-state index is 12.1. The van der Waals surface area contributed by atoms with Crippen molar-refractivity contribution in [2.45, 2.75) is 6.92 Å². The number of nitro benzene ring substituents is 1. The monoisotopic (exact) mass is 287 g/mol. The number of rotatable bonds is 5. The first kappa shape index (κ1) is 17.3. The molecule has 0 saturated heterocycles. The van der Waals surface area contributed by atoms with Gasteiger partial charge in [0.1, 0.15) is 5.56 Å². The smallest absolute Gasteiger partial charge is 0.285 e. The Hall–Kier alpha value is -1.66. The minimum absolute atomic E-state index is 0. The summed E-state index contributed by atoms with van der Waals surface area (Å²) in [6.45, 7) is 2.77. The number of amides is 1. The molecule has 1 amide bonds. The molecule has 19 heavy (non-hydrogen) atoms. The van der Waals surface area contributed by atoms with E-state index in [4.69, 9.17) is 0 Å². The van der Waals surface area contributed by atoms with Gasteiger partial charge in [-0.1, -0.05) is 12.1 Å². The summed E-state index contributed by atoms with van der Waals surface area (Å²) in [5.41, 5.74) is 0.519. The van der Waals surface area contributed by atoms with Gasteiger partial charge in [-0.3, -0.25) is 14.9 Å². The van der Waals surface area contributed by atoms with Crippen LogP contribution in [0.5, 0.6) is 0 Å². The highest BCUT2D eigenvalue weighted by Crippen LogP contribution is 2.23. The molecule has 6 nitrogen and oxygen atoms in total. The van der Waals surface area contributed by atoms with Gasteiger partial charge in [0.05, 0.1) is 4.92 Å². The molecule has 0 aliphatic rings. The van der Waals surface area contributed by atoms with Crippen molar-refractivity contribution in [2.75, 3.05) is 27.2 Å². The second-order valence-corrected chi connectivity index (χ2v) is 4.06. The van der Waals surface area contributed by atoms with Crippen LogP contribution in [0.3, 0.4) is 0 Å². The molecule has 7 heteroatoms. The first-order valence-corrected chi connectivity index (χ1v) is 5.63. The average Bonchev–Trinajstić information content (AvgIpc) is 2.34. The third-order valence-electron chi connectivity index (χ3n) is 2.69. The lowest BCUT2D eigenvalue weighted by Gasteiger charge is -2.17. The van der Waals surface area contributed by atoms with Gasteiger partial charge < -0.3 is 10.2 Å². The summed E-state index contributed by atoms with van der Waals surface area (Å²) in [6.07, 6.45) is 0. The zero-order valence-corrected chi connectivity index (χ0v) is 12.0. The largest absolute Gasteiger partial charge is 0.340 e. The minimum Gasteiger partial charge on any atom is -0.340 e. The maximum atomic E-state index is 12.1. The van der Waals surface area contributed by atoms with E-state index in [1.165, 1.54) is 11.0 Å². The number of carbonyl (C=O) groups excluding carboxylic acids is 1. The van der Waals surface area contributed by atoms with Crippen LogP contribution in [0.15, 0.2) is 18.2 Å². The van der Waals surface area contributed by atoms with E-state index in [1.54, 1.807) is 33.2 Å². The quantitative estimate of drug-likeness (QED) is 0.659. The van der Waals surface area contributed by atoms with E-state index >= 15 is 0 Å². The van der Waals surface area contributed by atoms with Crippen LogP contribution in [-0.4, -0.2) is 42.9 Å². The number of carbonyl (C=O) groups is 1. The average molecular weight is 288 g/mol. The van der Waals surface area contributed by atoms with Crippen molar-refractivity contribution in [1.29, 1.82) is 0 Å². The topological polar surface area (TPSA) is 75.5 Å². The van der Waals surface area contributed by atoms with Gasteiger partial charge in [0.15, 0.2) is 0 Å². The predicted octanol–water partition coefficient (Wildman–Crippen LogP) is 1.62. The number of benzene rings is 1. The van der Waals surface area contributed by atoms with Crippen molar-refractivity contribution in [3.8, 4) is 0 Å². The van der Waals surface area contributed by atoms with E-state index in [2.05, 4.69) is 5.32 Å². The molecule has 1 rings (SSSR count). The van der Waals surface area contributed by atoms with Gasteiger partial charge in [-0.25, -0.2) is 0 Å². The maximum Gasteiger partial charge on any atom is 0.285 e. The molecular weight excluding hydrogens is 270 g/mol. The van der Waals surface area contributed by atoms with Crippen molar-refractivity contribution in [3.05, 3.63) is 39.4 Å². The van der Waals surface area contributed by atoms with Gasteiger partial charge in [0.25, 0.3) is 11.6 Å². The molecule has 106 valence electrons. The molecule has 0 fully saturated rings. The van der Waals surface area contributed by atoms with Gasteiger partial charge in [0, 0.05) is 25.7 Å². The Morgan fingerprint density at radius 3 is 2.63 bits per heavy atom. The van der Waals surface area contributed by atoms with Crippen LogP contribution in [0, 0.1) is 17.0 Å². The number of nitro groups is 1. The molecule has 0 aliphatic carbocycles. The first-order valence-electron chi connectivity index (χ1n) is 5.63. The van der Waals surface area contributed by atoms with E-state index < -0.39 is 4.92 Å². The zero-order valence-electron chi connectivity index (χ0n) is 11.2. The molecule has 1 aromatic carbocycles. The number of nitrogens with zero attached hydrogens (tertiary/aromatic N) is 2. The second-order valence-electron chi connectivity index (χ2n) is 4.06. The predicted molar refractivity (Wildman–Crippen MR) is 76.0 cm³/mol. The van der Waals surface area contributed by atoms with E-state index in [0.717, 1.165) is 0 Å². The van der Waals surface area contributed by atoms with Crippen molar-refractivity contribution < 1.29 is 9.72 Å². The Morgan fingerprint density at radius 2 is 2.11 bits per heavy atom. The third-order valence-corrected chi connectivity index (χ3v) is 2.69. The summed E-state index contributed by atoms with van der Waals surface area (Å²) in [6, 6.07) is 4.77. The van der Waals surface area contributed by atoms with E-state index in [0.29, 0.717) is 18.7 Å². The molecule has 0 aromatic heterocycles. The molecule has 0 aliphatic heterocycles. The molecule has 0 heterocycles. The zero-order chi connectivity index (χ0) is 13.7. The normalized spacial score (nSPS) is 9.63. The number of hydrogen-bond donors (Lipinski definition) is 1. The standard InChI is InChI=1S/C12H17N3O3.ClH/c1-9-5-4-6-10(11(9)15(17)18)12(16)14(3)8-7-13-2;/h4-6,13H,7-8H2,1-3H3;1H. The lowest BCUT2D eigenvalue weighted by Crippen LogP contribution is -2.33. The van der Waals surface area contributed by atoms with Crippen molar-refractivity contribution >= 4 is 24.0 Å². The molecule has 0 unspecified atom stereocenters. The SMILES string of the molecule is CNCCN(C)C(=O)c1cccc(C)c1[N+](=O)[O-].Cl. The van der Waals surface area contributed by atoms with Gasteiger partial charge in [0.2, 0.25) is 0 Å². The summed E-state index contributed by atoms with van der Waals surface area (Å²) in [5.74, 6) is -0.333. The number of halogens is 1. The van der Waals surface area contributed by atoms with Gasteiger partial charge in [-0.15, -0.1) is 12.4 Å².